The van der Waals surface area contributed by atoms with E-state index in [9.17, 15) is 9.59 Å². The van der Waals surface area contributed by atoms with Crippen LogP contribution in [-0.4, -0.2) is 40.6 Å². The maximum absolute atomic E-state index is 14.6. The molecule has 2 unspecified atom stereocenters. The number of thiazole rings is 1. The normalized spacial score (nSPS) is 17.2. The molecule has 51 heavy (non-hydrogen) atoms. The van der Waals surface area contributed by atoms with Crippen LogP contribution < -0.4 is 11.1 Å². The van der Waals surface area contributed by atoms with Crippen molar-refractivity contribution in [2.75, 3.05) is 12.3 Å². The molecule has 0 bridgehead atoms. The molecule has 1 aromatic heterocycles. The molecule has 0 aliphatic carbocycles. The van der Waals surface area contributed by atoms with Gasteiger partial charge < -0.3 is 15.2 Å². The van der Waals surface area contributed by atoms with Gasteiger partial charge in [-0.3, -0.25) is 15.0 Å². The summed E-state index contributed by atoms with van der Waals surface area (Å²) in [5, 5.41) is 4.09. The minimum atomic E-state index is -0.929. The Morgan fingerprint density at radius 1 is 0.784 bits per heavy atom. The number of aromatic nitrogens is 1. The second-order valence-electron chi connectivity index (χ2n) is 12.4. The molecule has 8 nitrogen and oxygen atoms in total. The van der Waals surface area contributed by atoms with Crippen molar-refractivity contribution < 1.29 is 19.1 Å². The van der Waals surface area contributed by atoms with Crippen LogP contribution in [0.2, 0.25) is 0 Å². The summed E-state index contributed by atoms with van der Waals surface area (Å²) in [6, 6.07) is 48.5. The second kappa shape index (κ2) is 13.8. The third-order valence-electron chi connectivity index (χ3n) is 9.40. The van der Waals surface area contributed by atoms with Crippen molar-refractivity contribution in [3.05, 3.63) is 196 Å². The zero-order valence-corrected chi connectivity index (χ0v) is 28.3. The van der Waals surface area contributed by atoms with Gasteiger partial charge in [0.1, 0.15) is 11.7 Å². The standard InChI is InChI=1S/C42H34N4O4S/c43-41-44-26-34(51-41)33-27-49-39-35(45-42(30-20-10-3-11-21-30,31-22-12-4-13-23-31)32-24-14-5-15-25-32)38(47)46(39)36(33)40(48)50-37(28-16-6-1-7-17-28)29-18-8-2-9-19-29/h1-26,35,37,39,45H,27H2,(H2,43,44). The van der Waals surface area contributed by atoms with Crippen molar-refractivity contribution in [3.8, 4) is 0 Å². The third-order valence-corrected chi connectivity index (χ3v) is 10.3. The fourth-order valence-corrected chi connectivity index (χ4v) is 7.73. The van der Waals surface area contributed by atoms with E-state index in [1.54, 1.807) is 6.20 Å². The van der Waals surface area contributed by atoms with E-state index in [1.165, 1.54) is 16.2 Å². The number of fused-ring (bicyclic) bond motifs is 1. The molecule has 252 valence electrons. The van der Waals surface area contributed by atoms with Gasteiger partial charge >= 0.3 is 5.97 Å². The number of benzene rings is 5. The zero-order valence-electron chi connectivity index (χ0n) is 27.5. The predicted molar refractivity (Wildman–Crippen MR) is 197 cm³/mol. The van der Waals surface area contributed by atoms with Crippen LogP contribution in [0.3, 0.4) is 0 Å². The minimum Gasteiger partial charge on any atom is -0.448 e. The van der Waals surface area contributed by atoms with Crippen LogP contribution in [0.5, 0.6) is 0 Å². The van der Waals surface area contributed by atoms with Crippen LogP contribution in [0.25, 0.3) is 5.57 Å². The van der Waals surface area contributed by atoms with Crippen molar-refractivity contribution >= 4 is 33.9 Å². The number of hydrogen-bond acceptors (Lipinski definition) is 8. The number of amides is 1. The van der Waals surface area contributed by atoms with E-state index in [4.69, 9.17) is 15.2 Å². The Labute approximate surface area is 299 Å². The van der Waals surface area contributed by atoms with Crippen molar-refractivity contribution in [1.29, 1.82) is 0 Å². The van der Waals surface area contributed by atoms with E-state index in [0.717, 1.165) is 27.8 Å². The van der Waals surface area contributed by atoms with E-state index in [2.05, 4.69) is 46.7 Å². The third kappa shape index (κ3) is 5.91. The Kier molecular flexibility index (Phi) is 8.75. The lowest BCUT2D eigenvalue weighted by molar-refractivity contribution is -0.184. The molecule has 5 aromatic carbocycles. The molecule has 2 aliphatic heterocycles. The summed E-state index contributed by atoms with van der Waals surface area (Å²) in [6.07, 6.45) is 0.0915. The number of nitrogens with one attached hydrogen (secondary N) is 1. The maximum atomic E-state index is 14.6. The van der Waals surface area contributed by atoms with Crippen LogP contribution in [0.1, 0.15) is 38.8 Å². The monoisotopic (exact) mass is 690 g/mol. The summed E-state index contributed by atoms with van der Waals surface area (Å²) in [5.74, 6) is -0.958. The first-order valence-corrected chi connectivity index (χ1v) is 17.5. The van der Waals surface area contributed by atoms with Gasteiger partial charge in [0.2, 0.25) is 0 Å². The number of rotatable bonds is 10. The second-order valence-corrected chi connectivity index (χ2v) is 13.4. The van der Waals surface area contributed by atoms with E-state index >= 15 is 0 Å². The molecule has 0 spiro atoms. The molecular weight excluding hydrogens is 657 g/mol. The Balaban J connectivity index is 1.20. The first kappa shape index (κ1) is 32.3. The molecule has 8 rings (SSSR count). The molecule has 2 atom stereocenters. The smallest absolute Gasteiger partial charge is 0.356 e. The summed E-state index contributed by atoms with van der Waals surface area (Å²) in [4.78, 5) is 35.4. The van der Waals surface area contributed by atoms with Crippen LogP contribution in [0.4, 0.5) is 5.13 Å². The molecule has 1 amide bonds. The van der Waals surface area contributed by atoms with Gasteiger partial charge in [0, 0.05) is 11.8 Å². The predicted octanol–water partition coefficient (Wildman–Crippen LogP) is 6.92. The van der Waals surface area contributed by atoms with Crippen LogP contribution in [-0.2, 0) is 24.6 Å². The van der Waals surface area contributed by atoms with Crippen LogP contribution in [0.15, 0.2) is 164 Å². The first-order chi connectivity index (χ1) is 25.0. The molecule has 0 radical (unpaired) electrons. The average molecular weight is 691 g/mol. The number of esters is 1. The summed E-state index contributed by atoms with van der Waals surface area (Å²) >= 11 is 1.23. The number of nitrogens with two attached hydrogens (primary N) is 1. The zero-order chi connectivity index (χ0) is 34.8. The van der Waals surface area contributed by atoms with Crippen molar-refractivity contribution in [2.45, 2.75) is 23.9 Å². The van der Waals surface area contributed by atoms with Gasteiger partial charge in [-0.25, -0.2) is 9.78 Å². The highest BCUT2D eigenvalue weighted by atomic mass is 32.1. The summed E-state index contributed by atoms with van der Waals surface area (Å²) in [6.45, 7) is 0.0506. The number of nitrogen functional groups attached to an aromatic ring is 1. The highest BCUT2D eigenvalue weighted by Crippen LogP contribution is 2.44. The van der Waals surface area contributed by atoms with Crippen molar-refractivity contribution in [3.63, 3.8) is 0 Å². The van der Waals surface area contributed by atoms with Gasteiger partial charge in [-0.05, 0) is 27.8 Å². The van der Waals surface area contributed by atoms with E-state index in [-0.39, 0.29) is 18.2 Å². The van der Waals surface area contributed by atoms with Gasteiger partial charge in [0.15, 0.2) is 17.5 Å². The van der Waals surface area contributed by atoms with Gasteiger partial charge in [0.05, 0.1) is 17.0 Å². The van der Waals surface area contributed by atoms with E-state index in [0.29, 0.717) is 15.6 Å². The van der Waals surface area contributed by atoms with Crippen molar-refractivity contribution in [2.24, 2.45) is 0 Å². The fraction of sp³-hybridized carbons (Fsp3) is 0.119. The molecule has 9 heteroatoms. The van der Waals surface area contributed by atoms with E-state index < -0.39 is 29.9 Å². The molecule has 3 N–H and O–H groups in total. The number of anilines is 1. The number of nitrogens with zero attached hydrogens (tertiary/aromatic N) is 2. The average Bonchev–Trinajstić information content (AvgIpc) is 3.64. The van der Waals surface area contributed by atoms with Gasteiger partial charge in [-0.1, -0.05) is 163 Å². The van der Waals surface area contributed by atoms with E-state index in [1.807, 2.05) is 115 Å². The fourth-order valence-electron chi connectivity index (χ4n) is 7.02. The molecule has 1 saturated heterocycles. The number of carbonyl (C=O) groups is 2. The molecule has 2 aliphatic rings. The lowest BCUT2D eigenvalue weighted by Crippen LogP contribution is -2.74. The van der Waals surface area contributed by atoms with Crippen molar-refractivity contribution in [1.82, 2.24) is 15.2 Å². The Bertz CT molecular complexity index is 2040. The molecule has 3 heterocycles. The number of β-lactam (4-membered cyclic amide) rings is 1. The highest BCUT2D eigenvalue weighted by Gasteiger charge is 2.57. The summed E-state index contributed by atoms with van der Waals surface area (Å²) in [7, 11) is 0. The molecule has 6 aromatic rings. The highest BCUT2D eigenvalue weighted by molar-refractivity contribution is 7.16. The first-order valence-electron chi connectivity index (χ1n) is 16.7. The molecule has 1 fully saturated rings. The summed E-state index contributed by atoms with van der Waals surface area (Å²) < 4.78 is 12.8. The molecule has 0 saturated carbocycles. The lowest BCUT2D eigenvalue weighted by atomic mass is 9.75. The maximum Gasteiger partial charge on any atom is 0.356 e. The number of hydrogen-bond donors (Lipinski definition) is 2. The Hall–Kier alpha value is -5.87. The quantitative estimate of drug-likeness (QED) is 0.0914. The Morgan fingerprint density at radius 2 is 1.25 bits per heavy atom. The van der Waals surface area contributed by atoms with Gasteiger partial charge in [0.25, 0.3) is 5.91 Å². The van der Waals surface area contributed by atoms with Gasteiger partial charge in [-0.15, -0.1) is 0 Å². The summed E-state index contributed by atoms with van der Waals surface area (Å²) in [5.41, 5.74) is 10.2. The SMILES string of the molecule is Nc1ncc(C2=C(C(=O)OC(c3ccccc3)c3ccccc3)N3C(=O)C(NC(c4ccccc4)(c4ccccc4)c4ccccc4)C3OC2)s1. The topological polar surface area (TPSA) is 107 Å². The lowest BCUT2D eigenvalue weighted by Gasteiger charge is -2.53. The largest absolute Gasteiger partial charge is 0.448 e. The minimum absolute atomic E-state index is 0.0506. The number of carbonyl (C=O) groups excluding carboxylic acids is 2. The van der Waals surface area contributed by atoms with Crippen LogP contribution in [0, 0.1) is 0 Å². The van der Waals surface area contributed by atoms with Gasteiger partial charge in [-0.2, -0.15) is 0 Å². The number of ether oxygens (including phenoxy) is 2. The Morgan fingerprint density at radius 3 is 1.71 bits per heavy atom. The van der Waals surface area contributed by atoms with Crippen LogP contribution >= 0.6 is 11.3 Å². The molecular formula is C42H34N4O4S.